The Morgan fingerprint density at radius 3 is 1.88 bits per heavy atom. The van der Waals surface area contributed by atoms with Crippen molar-refractivity contribution in [3.8, 4) is 0 Å². The van der Waals surface area contributed by atoms with E-state index in [1.807, 2.05) is 6.92 Å². The van der Waals surface area contributed by atoms with Gasteiger partial charge < -0.3 is 5.32 Å². The van der Waals surface area contributed by atoms with E-state index in [0.29, 0.717) is 5.69 Å². The van der Waals surface area contributed by atoms with Crippen LogP contribution in [0.2, 0.25) is 0 Å². The third kappa shape index (κ3) is 4.69. The Bertz CT molecular complexity index is 994. The van der Waals surface area contributed by atoms with Crippen LogP contribution in [-0.2, 0) is 24.7 Å². The summed E-state index contributed by atoms with van der Waals surface area (Å²) in [5, 5.41) is 2.46. The van der Waals surface area contributed by atoms with E-state index in [-0.39, 0.29) is 9.79 Å². The zero-order valence-corrected chi connectivity index (χ0v) is 16.3. The maximum Gasteiger partial charge on any atom is 0.242 e. The number of anilines is 1. The van der Waals surface area contributed by atoms with Gasteiger partial charge in [-0.3, -0.25) is 4.79 Å². The van der Waals surface area contributed by atoms with E-state index < -0.39 is 31.5 Å². The first-order valence-electron chi connectivity index (χ1n) is 7.64. The van der Waals surface area contributed by atoms with Gasteiger partial charge in [0.1, 0.15) is 5.75 Å². The first kappa shape index (κ1) is 20.1. The number of carbonyl (C=O) groups excluding carboxylic acids is 1. The molecule has 9 heteroatoms. The number of rotatable bonds is 6. The van der Waals surface area contributed by atoms with Gasteiger partial charge in [-0.1, -0.05) is 17.7 Å². The molecule has 0 saturated carbocycles. The van der Waals surface area contributed by atoms with Crippen LogP contribution in [-0.4, -0.2) is 46.9 Å². The van der Waals surface area contributed by atoms with Gasteiger partial charge in [-0.25, -0.2) is 21.1 Å². The number of nitrogens with zero attached hydrogens (tertiary/aromatic N) is 1. The monoisotopic (exact) mass is 396 g/mol. The standard InChI is InChI=1S/C17H20N2O5S2/c1-13-4-8-15(9-5-13)25(21,22)12-17(20)18-14-6-10-16(11-7-14)26(23,24)19(2)3/h4-11H,12H2,1-3H3,(H,18,20). The van der Waals surface area contributed by atoms with Crippen molar-refractivity contribution in [2.75, 3.05) is 25.2 Å². The molecule has 1 N–H and O–H groups in total. The van der Waals surface area contributed by atoms with Crippen LogP contribution in [0.5, 0.6) is 0 Å². The van der Waals surface area contributed by atoms with Gasteiger partial charge >= 0.3 is 0 Å². The van der Waals surface area contributed by atoms with Crippen molar-refractivity contribution in [3.05, 3.63) is 54.1 Å². The fourth-order valence-electron chi connectivity index (χ4n) is 2.12. The molecule has 0 spiro atoms. The Hall–Kier alpha value is -2.23. The van der Waals surface area contributed by atoms with Crippen LogP contribution in [0.25, 0.3) is 0 Å². The number of sulfone groups is 1. The molecule has 7 nitrogen and oxygen atoms in total. The van der Waals surface area contributed by atoms with Crippen LogP contribution >= 0.6 is 0 Å². The fourth-order valence-corrected chi connectivity index (χ4v) is 4.16. The SMILES string of the molecule is Cc1ccc(S(=O)(=O)CC(=O)Nc2ccc(S(=O)(=O)N(C)C)cc2)cc1. The van der Waals surface area contributed by atoms with Gasteiger partial charge in [0, 0.05) is 19.8 Å². The Labute approximate surface area is 153 Å². The van der Waals surface area contributed by atoms with Crippen LogP contribution in [0.3, 0.4) is 0 Å². The molecule has 26 heavy (non-hydrogen) atoms. The number of benzene rings is 2. The molecule has 0 fully saturated rings. The van der Waals surface area contributed by atoms with E-state index in [9.17, 15) is 21.6 Å². The molecule has 2 rings (SSSR count). The summed E-state index contributed by atoms with van der Waals surface area (Å²) in [7, 11) is -4.48. The van der Waals surface area contributed by atoms with Crippen molar-refractivity contribution >= 4 is 31.5 Å². The van der Waals surface area contributed by atoms with Gasteiger partial charge in [0.25, 0.3) is 0 Å². The molecule has 0 aromatic heterocycles. The molecular formula is C17H20N2O5S2. The molecule has 0 aliphatic carbocycles. The maximum atomic E-state index is 12.3. The van der Waals surface area contributed by atoms with Gasteiger partial charge in [0.15, 0.2) is 9.84 Å². The largest absolute Gasteiger partial charge is 0.325 e. The molecule has 0 aliphatic heterocycles. The first-order chi connectivity index (χ1) is 12.0. The van der Waals surface area contributed by atoms with Gasteiger partial charge in [-0.15, -0.1) is 0 Å². The lowest BCUT2D eigenvalue weighted by Gasteiger charge is -2.12. The minimum atomic E-state index is -3.75. The van der Waals surface area contributed by atoms with Crippen molar-refractivity contribution < 1.29 is 21.6 Å². The van der Waals surface area contributed by atoms with Gasteiger partial charge in [0.05, 0.1) is 9.79 Å². The van der Waals surface area contributed by atoms with Crippen molar-refractivity contribution in [1.82, 2.24) is 4.31 Å². The number of hydrogen-bond donors (Lipinski definition) is 1. The lowest BCUT2D eigenvalue weighted by atomic mass is 10.2. The molecule has 0 aliphatic rings. The van der Waals surface area contributed by atoms with Crippen LogP contribution in [0.1, 0.15) is 5.56 Å². The predicted molar refractivity (Wildman–Crippen MR) is 99.2 cm³/mol. The minimum absolute atomic E-state index is 0.0747. The minimum Gasteiger partial charge on any atom is -0.325 e. The van der Waals surface area contributed by atoms with Crippen LogP contribution in [0, 0.1) is 6.92 Å². The second-order valence-corrected chi connectivity index (χ2v) is 10.1. The van der Waals surface area contributed by atoms with Gasteiger partial charge in [0.2, 0.25) is 15.9 Å². The number of hydrogen-bond acceptors (Lipinski definition) is 5. The summed E-state index contributed by atoms with van der Waals surface area (Å²) < 4.78 is 49.6. The van der Waals surface area contributed by atoms with Crippen molar-refractivity contribution in [2.24, 2.45) is 0 Å². The van der Waals surface area contributed by atoms with E-state index in [2.05, 4.69) is 5.32 Å². The van der Waals surface area contributed by atoms with E-state index in [4.69, 9.17) is 0 Å². The number of nitrogens with one attached hydrogen (secondary N) is 1. The number of sulfonamides is 1. The number of amides is 1. The number of aryl methyl sites for hydroxylation is 1. The smallest absolute Gasteiger partial charge is 0.242 e. The van der Waals surface area contributed by atoms with Crippen LogP contribution in [0.4, 0.5) is 5.69 Å². The summed E-state index contributed by atoms with van der Waals surface area (Å²) >= 11 is 0. The molecule has 2 aromatic carbocycles. The second-order valence-electron chi connectivity index (χ2n) is 5.93. The highest BCUT2D eigenvalue weighted by Gasteiger charge is 2.20. The van der Waals surface area contributed by atoms with E-state index >= 15 is 0 Å². The lowest BCUT2D eigenvalue weighted by molar-refractivity contribution is -0.113. The van der Waals surface area contributed by atoms with E-state index in [1.54, 1.807) is 12.1 Å². The predicted octanol–water partition coefficient (Wildman–Crippen LogP) is 1.66. The van der Waals surface area contributed by atoms with Crippen LogP contribution < -0.4 is 5.32 Å². The molecule has 0 saturated heterocycles. The van der Waals surface area contributed by atoms with Crippen molar-refractivity contribution in [2.45, 2.75) is 16.7 Å². The Kier molecular flexibility index (Phi) is 5.84. The Balaban J connectivity index is 2.09. The molecule has 0 atom stereocenters. The Morgan fingerprint density at radius 2 is 1.38 bits per heavy atom. The van der Waals surface area contributed by atoms with E-state index in [0.717, 1.165) is 9.87 Å². The number of carbonyl (C=O) groups is 1. The Morgan fingerprint density at radius 1 is 0.885 bits per heavy atom. The topological polar surface area (TPSA) is 101 Å². The average molecular weight is 396 g/mol. The highest BCUT2D eigenvalue weighted by atomic mass is 32.2. The third-order valence-corrected chi connectivity index (χ3v) is 7.08. The first-order valence-corrected chi connectivity index (χ1v) is 10.7. The quantitative estimate of drug-likeness (QED) is 0.800. The fraction of sp³-hybridized carbons (Fsp3) is 0.235. The molecule has 1 amide bonds. The zero-order valence-electron chi connectivity index (χ0n) is 14.6. The second kappa shape index (κ2) is 7.56. The molecule has 0 unspecified atom stereocenters. The molecule has 0 radical (unpaired) electrons. The highest BCUT2D eigenvalue weighted by Crippen LogP contribution is 2.17. The summed E-state index contributed by atoms with van der Waals surface area (Å²) in [5.41, 5.74) is 1.23. The molecule has 0 bridgehead atoms. The molecular weight excluding hydrogens is 376 g/mol. The molecule has 0 heterocycles. The maximum absolute atomic E-state index is 12.3. The summed E-state index contributed by atoms with van der Waals surface area (Å²) in [6.07, 6.45) is 0. The van der Waals surface area contributed by atoms with Crippen LogP contribution in [0.15, 0.2) is 58.3 Å². The van der Waals surface area contributed by atoms with Crippen molar-refractivity contribution in [1.29, 1.82) is 0 Å². The van der Waals surface area contributed by atoms with Crippen molar-refractivity contribution in [3.63, 3.8) is 0 Å². The zero-order chi connectivity index (χ0) is 19.5. The summed E-state index contributed by atoms with van der Waals surface area (Å²) in [6, 6.07) is 11.7. The van der Waals surface area contributed by atoms with Gasteiger partial charge in [-0.05, 0) is 43.3 Å². The van der Waals surface area contributed by atoms with Gasteiger partial charge in [-0.2, -0.15) is 0 Å². The third-order valence-electron chi connectivity index (χ3n) is 3.62. The van der Waals surface area contributed by atoms with E-state index in [1.165, 1.54) is 50.5 Å². The summed E-state index contributed by atoms with van der Waals surface area (Å²) in [4.78, 5) is 12.2. The summed E-state index contributed by atoms with van der Waals surface area (Å²) in [6.45, 7) is 1.84. The average Bonchev–Trinajstić information content (AvgIpc) is 2.55. The lowest BCUT2D eigenvalue weighted by Crippen LogP contribution is -2.23. The summed E-state index contributed by atoms with van der Waals surface area (Å²) in [5.74, 6) is -1.40. The molecule has 2 aromatic rings. The molecule has 140 valence electrons. The normalized spacial score (nSPS) is 12.2. The highest BCUT2D eigenvalue weighted by molar-refractivity contribution is 7.92.